The van der Waals surface area contributed by atoms with Crippen LogP contribution >= 0.6 is 0 Å². The molecule has 0 unspecified atom stereocenters. The summed E-state index contributed by atoms with van der Waals surface area (Å²) in [4.78, 5) is 27.0. The molecule has 2 aromatic carbocycles. The van der Waals surface area contributed by atoms with Crippen LogP contribution in [0.1, 0.15) is 35.6 Å². The Bertz CT molecular complexity index is 1080. The Balaban J connectivity index is 1.46. The number of benzene rings is 2. The second kappa shape index (κ2) is 8.94. The van der Waals surface area contributed by atoms with Crippen molar-refractivity contribution in [1.29, 1.82) is 0 Å². The predicted molar refractivity (Wildman–Crippen MR) is 122 cm³/mol. The lowest BCUT2D eigenvalue weighted by atomic mass is 9.91. The zero-order valence-electron chi connectivity index (χ0n) is 19.4. The lowest BCUT2D eigenvalue weighted by Crippen LogP contribution is -2.42. The van der Waals surface area contributed by atoms with Crippen LogP contribution < -0.4 is 19.5 Å². The summed E-state index contributed by atoms with van der Waals surface area (Å²) in [6.45, 7) is 8.41. The molecule has 2 aliphatic rings. The van der Waals surface area contributed by atoms with Crippen LogP contribution in [-0.2, 0) is 10.3 Å². The summed E-state index contributed by atoms with van der Waals surface area (Å²) in [6.07, 6.45) is -0.267. The summed E-state index contributed by atoms with van der Waals surface area (Å²) in [5.41, 5.74) is 2.36. The van der Waals surface area contributed by atoms with E-state index in [1.54, 1.807) is 25.1 Å². The van der Waals surface area contributed by atoms with Crippen LogP contribution in [0.15, 0.2) is 30.3 Å². The second-order valence-corrected chi connectivity index (χ2v) is 8.80. The number of hydrogen-bond acceptors (Lipinski definition) is 6. The van der Waals surface area contributed by atoms with Crippen molar-refractivity contribution in [2.45, 2.75) is 45.8 Å². The maximum Gasteiger partial charge on any atom is 0.325 e. The SMILES string of the molecule is Cc1ccc(C)c(OC[C@H](O)CN2C(=O)N[C@@](C)(c3ccc4c(c3)OCCCO4)C2=O)c1C. The first kappa shape index (κ1) is 22.9. The van der Waals surface area contributed by atoms with Crippen LogP contribution in [0.4, 0.5) is 4.79 Å². The van der Waals surface area contributed by atoms with Crippen molar-refractivity contribution in [3.63, 3.8) is 0 Å². The number of aliphatic hydroxyl groups is 1. The fourth-order valence-electron chi connectivity index (χ4n) is 4.12. The van der Waals surface area contributed by atoms with Gasteiger partial charge in [0.1, 0.15) is 24.0 Å². The molecule has 2 aliphatic heterocycles. The molecule has 0 spiro atoms. The Hall–Kier alpha value is -3.26. The molecule has 33 heavy (non-hydrogen) atoms. The molecule has 8 nitrogen and oxygen atoms in total. The van der Waals surface area contributed by atoms with E-state index in [1.165, 1.54) is 0 Å². The van der Waals surface area contributed by atoms with E-state index in [0.29, 0.717) is 36.0 Å². The molecule has 1 fully saturated rings. The van der Waals surface area contributed by atoms with Crippen molar-refractivity contribution in [1.82, 2.24) is 10.2 Å². The standard InChI is InChI=1S/C25H30N2O6/c1-15-6-7-16(2)22(17(15)3)33-14-19(28)13-27-23(29)25(4,26-24(27)30)18-8-9-20-21(12-18)32-11-5-10-31-20/h6-9,12,19,28H,5,10-11,13-14H2,1-4H3,(H,26,30)/t19-,25+/m1/s1. The van der Waals surface area contributed by atoms with Gasteiger partial charge < -0.3 is 24.6 Å². The van der Waals surface area contributed by atoms with Crippen LogP contribution in [0.2, 0.25) is 0 Å². The van der Waals surface area contributed by atoms with Gasteiger partial charge in [-0.3, -0.25) is 9.69 Å². The number of hydrogen-bond donors (Lipinski definition) is 2. The zero-order valence-corrected chi connectivity index (χ0v) is 19.4. The summed E-state index contributed by atoms with van der Waals surface area (Å²) < 4.78 is 17.2. The van der Waals surface area contributed by atoms with Crippen LogP contribution in [0.25, 0.3) is 0 Å². The van der Waals surface area contributed by atoms with E-state index in [0.717, 1.165) is 28.0 Å². The van der Waals surface area contributed by atoms with E-state index in [-0.39, 0.29) is 13.2 Å². The minimum Gasteiger partial charge on any atom is -0.490 e. The van der Waals surface area contributed by atoms with Gasteiger partial charge in [-0.15, -0.1) is 0 Å². The van der Waals surface area contributed by atoms with Crippen LogP contribution in [0, 0.1) is 20.8 Å². The number of imide groups is 1. The first-order valence-corrected chi connectivity index (χ1v) is 11.1. The van der Waals surface area contributed by atoms with Crippen molar-refractivity contribution in [2.24, 2.45) is 0 Å². The molecule has 0 aliphatic carbocycles. The normalized spacial score (nSPS) is 20.9. The van der Waals surface area contributed by atoms with Gasteiger partial charge in [-0.25, -0.2) is 4.79 Å². The van der Waals surface area contributed by atoms with Gasteiger partial charge in [-0.2, -0.15) is 0 Å². The van der Waals surface area contributed by atoms with Crippen LogP contribution in [-0.4, -0.2) is 54.4 Å². The molecule has 176 valence electrons. The third kappa shape index (κ3) is 4.35. The maximum absolute atomic E-state index is 13.3. The van der Waals surface area contributed by atoms with E-state index in [4.69, 9.17) is 14.2 Å². The van der Waals surface area contributed by atoms with Gasteiger partial charge in [0.05, 0.1) is 19.8 Å². The summed E-state index contributed by atoms with van der Waals surface area (Å²) >= 11 is 0. The molecule has 0 aromatic heterocycles. The van der Waals surface area contributed by atoms with Crippen LogP contribution in [0.5, 0.6) is 17.2 Å². The van der Waals surface area contributed by atoms with Crippen LogP contribution in [0.3, 0.4) is 0 Å². The lowest BCUT2D eigenvalue weighted by Gasteiger charge is -2.24. The monoisotopic (exact) mass is 454 g/mol. The number of rotatable bonds is 6. The van der Waals surface area contributed by atoms with Crippen molar-refractivity contribution in [2.75, 3.05) is 26.4 Å². The van der Waals surface area contributed by atoms with Gasteiger partial charge in [-0.05, 0) is 62.1 Å². The average molecular weight is 455 g/mol. The maximum atomic E-state index is 13.3. The number of amides is 3. The molecule has 0 radical (unpaired) electrons. The molecule has 0 bridgehead atoms. The molecule has 4 rings (SSSR count). The Morgan fingerprint density at radius 3 is 2.55 bits per heavy atom. The predicted octanol–water partition coefficient (Wildman–Crippen LogP) is 2.98. The fraction of sp³-hybridized carbons (Fsp3) is 0.440. The third-order valence-corrected chi connectivity index (χ3v) is 6.29. The molecule has 3 amide bonds. The summed E-state index contributed by atoms with van der Waals surface area (Å²) in [7, 11) is 0. The molecule has 2 N–H and O–H groups in total. The van der Waals surface area contributed by atoms with Gasteiger partial charge in [0.15, 0.2) is 11.5 Å². The highest BCUT2D eigenvalue weighted by Gasteiger charge is 2.49. The molecule has 2 heterocycles. The number of nitrogens with zero attached hydrogens (tertiary/aromatic N) is 1. The number of carbonyl (C=O) groups is 2. The Morgan fingerprint density at radius 1 is 1.09 bits per heavy atom. The van der Waals surface area contributed by atoms with E-state index in [1.807, 2.05) is 32.9 Å². The number of ether oxygens (including phenoxy) is 3. The Morgan fingerprint density at radius 2 is 1.79 bits per heavy atom. The number of nitrogens with one attached hydrogen (secondary N) is 1. The number of aliphatic hydroxyl groups excluding tert-OH is 1. The first-order valence-electron chi connectivity index (χ1n) is 11.1. The van der Waals surface area contributed by atoms with Gasteiger partial charge in [0.2, 0.25) is 0 Å². The minimum absolute atomic E-state index is 0.0388. The molecule has 0 saturated carbocycles. The zero-order chi connectivity index (χ0) is 23.8. The number of fused-ring (bicyclic) bond motifs is 1. The largest absolute Gasteiger partial charge is 0.490 e. The van der Waals surface area contributed by atoms with Gasteiger partial charge in [0.25, 0.3) is 5.91 Å². The number of aryl methyl sites for hydroxylation is 2. The quantitative estimate of drug-likeness (QED) is 0.652. The van der Waals surface area contributed by atoms with Crippen molar-refractivity contribution >= 4 is 11.9 Å². The summed E-state index contributed by atoms with van der Waals surface area (Å²) in [6, 6.07) is 8.64. The number of β-amino-alcohol motifs (C(OH)–C–C–N with tert-alkyl or cyclic N) is 1. The lowest BCUT2D eigenvalue weighted by molar-refractivity contribution is -0.132. The molecule has 2 aromatic rings. The Labute approximate surface area is 193 Å². The van der Waals surface area contributed by atoms with Gasteiger partial charge in [-0.1, -0.05) is 18.2 Å². The van der Waals surface area contributed by atoms with Gasteiger partial charge >= 0.3 is 6.03 Å². The smallest absolute Gasteiger partial charge is 0.325 e. The van der Waals surface area contributed by atoms with Gasteiger partial charge in [0, 0.05) is 6.42 Å². The topological polar surface area (TPSA) is 97.3 Å². The van der Waals surface area contributed by atoms with Crippen molar-refractivity contribution in [3.05, 3.63) is 52.6 Å². The van der Waals surface area contributed by atoms with E-state index < -0.39 is 23.6 Å². The van der Waals surface area contributed by atoms with Crippen molar-refractivity contribution in [3.8, 4) is 17.2 Å². The van der Waals surface area contributed by atoms with E-state index in [9.17, 15) is 14.7 Å². The highest BCUT2D eigenvalue weighted by Crippen LogP contribution is 2.36. The number of urea groups is 1. The first-order chi connectivity index (χ1) is 15.7. The highest BCUT2D eigenvalue weighted by molar-refractivity contribution is 6.07. The summed E-state index contributed by atoms with van der Waals surface area (Å²) in [5.74, 6) is 1.43. The second-order valence-electron chi connectivity index (χ2n) is 8.80. The third-order valence-electron chi connectivity index (χ3n) is 6.29. The number of carbonyl (C=O) groups excluding carboxylic acids is 2. The Kier molecular flexibility index (Phi) is 6.21. The van der Waals surface area contributed by atoms with E-state index in [2.05, 4.69) is 5.32 Å². The fourth-order valence-corrected chi connectivity index (χ4v) is 4.12. The molecule has 8 heteroatoms. The minimum atomic E-state index is -1.27. The molecule has 2 atom stereocenters. The van der Waals surface area contributed by atoms with E-state index >= 15 is 0 Å². The summed E-state index contributed by atoms with van der Waals surface area (Å²) in [5, 5.41) is 13.3. The van der Waals surface area contributed by atoms with Crippen molar-refractivity contribution < 1.29 is 28.9 Å². The molecular weight excluding hydrogens is 424 g/mol. The molecule has 1 saturated heterocycles. The molecular formula is C25H30N2O6. The average Bonchev–Trinajstić information content (AvgIpc) is 2.95. The highest BCUT2D eigenvalue weighted by atomic mass is 16.5.